The first-order valence-corrected chi connectivity index (χ1v) is 12.0. The van der Waals surface area contributed by atoms with E-state index >= 15 is 0 Å². The summed E-state index contributed by atoms with van der Waals surface area (Å²) in [5, 5.41) is 10.4. The zero-order chi connectivity index (χ0) is 27.2. The number of hydrogen-bond donors (Lipinski definition) is 4. The number of nitrogens with one attached hydrogen (secondary N) is 4. The molecular weight excluding hydrogens is 490 g/mol. The first kappa shape index (κ1) is 26.3. The lowest BCUT2D eigenvalue weighted by Crippen LogP contribution is -2.45. The lowest BCUT2D eigenvalue weighted by atomic mass is 9.95. The quantitative estimate of drug-likeness (QED) is 0.194. The van der Waals surface area contributed by atoms with E-state index in [2.05, 4.69) is 26.1 Å². The van der Waals surface area contributed by atoms with Crippen LogP contribution in [0.4, 0.5) is 4.79 Å². The van der Waals surface area contributed by atoms with E-state index in [4.69, 9.17) is 14.2 Å². The summed E-state index contributed by atoms with van der Waals surface area (Å²) in [5.74, 6) is -0.371. The third-order valence-electron chi connectivity index (χ3n) is 5.97. The van der Waals surface area contributed by atoms with Crippen molar-refractivity contribution in [3.05, 3.63) is 70.6 Å². The van der Waals surface area contributed by atoms with Crippen LogP contribution >= 0.6 is 0 Å². The molecule has 3 aromatic rings. The number of fused-ring (bicyclic) bond motifs is 1. The van der Waals surface area contributed by atoms with Gasteiger partial charge in [0.05, 0.1) is 31.5 Å². The van der Waals surface area contributed by atoms with E-state index < -0.39 is 23.9 Å². The van der Waals surface area contributed by atoms with Crippen LogP contribution in [0.15, 0.2) is 58.8 Å². The fraction of sp³-hybridized carbons (Fsp3) is 0.259. The Hall–Kier alpha value is -4.80. The number of para-hydroxylation sites is 1. The maximum absolute atomic E-state index is 12.6. The summed E-state index contributed by atoms with van der Waals surface area (Å²) in [6, 6.07) is 11.5. The third-order valence-corrected chi connectivity index (χ3v) is 5.97. The van der Waals surface area contributed by atoms with Gasteiger partial charge in [-0.05, 0) is 44.5 Å². The van der Waals surface area contributed by atoms with Crippen LogP contribution in [0.2, 0.25) is 0 Å². The molecule has 4 N–H and O–H groups in total. The summed E-state index contributed by atoms with van der Waals surface area (Å²) in [5.41, 5.74) is 6.53. The molecule has 0 radical (unpaired) electrons. The normalized spacial score (nSPS) is 15.3. The molecule has 2 heterocycles. The highest BCUT2D eigenvalue weighted by molar-refractivity contribution is 6.01. The van der Waals surface area contributed by atoms with Crippen molar-refractivity contribution < 1.29 is 28.6 Å². The second-order valence-corrected chi connectivity index (χ2v) is 8.49. The Morgan fingerprint density at radius 1 is 1.13 bits per heavy atom. The average molecular weight is 520 g/mol. The Morgan fingerprint density at radius 2 is 1.92 bits per heavy atom. The van der Waals surface area contributed by atoms with Gasteiger partial charge in [0, 0.05) is 27.9 Å². The fourth-order valence-corrected chi connectivity index (χ4v) is 4.22. The number of aromatic amines is 1. The van der Waals surface area contributed by atoms with Gasteiger partial charge in [0.15, 0.2) is 18.1 Å². The Balaban J connectivity index is 1.44. The topological polar surface area (TPSA) is 143 Å². The average Bonchev–Trinajstić information content (AvgIpc) is 3.21. The first-order valence-electron chi connectivity index (χ1n) is 12.0. The summed E-state index contributed by atoms with van der Waals surface area (Å²) in [6.45, 7) is 5.16. The van der Waals surface area contributed by atoms with Gasteiger partial charge >= 0.3 is 12.0 Å². The molecule has 2 aromatic carbocycles. The van der Waals surface area contributed by atoms with Gasteiger partial charge < -0.3 is 29.8 Å². The molecule has 1 atom stereocenters. The van der Waals surface area contributed by atoms with Crippen molar-refractivity contribution in [3.63, 3.8) is 0 Å². The number of rotatable bonds is 9. The maximum Gasteiger partial charge on any atom is 0.338 e. The molecule has 1 aliphatic rings. The van der Waals surface area contributed by atoms with E-state index in [0.29, 0.717) is 22.8 Å². The van der Waals surface area contributed by atoms with Crippen molar-refractivity contribution >= 4 is 35.0 Å². The van der Waals surface area contributed by atoms with Crippen molar-refractivity contribution in [2.24, 2.45) is 5.10 Å². The van der Waals surface area contributed by atoms with Gasteiger partial charge in [0.1, 0.15) is 0 Å². The van der Waals surface area contributed by atoms with E-state index in [9.17, 15) is 14.4 Å². The Kier molecular flexibility index (Phi) is 7.95. The molecule has 0 spiro atoms. The van der Waals surface area contributed by atoms with Crippen LogP contribution in [0.1, 0.15) is 36.7 Å². The molecule has 4 rings (SSSR count). The number of H-pyrrole nitrogens is 1. The number of ether oxygens (including phenoxy) is 3. The molecule has 0 unspecified atom stereocenters. The van der Waals surface area contributed by atoms with Crippen LogP contribution in [0.3, 0.4) is 0 Å². The lowest BCUT2D eigenvalue weighted by Gasteiger charge is -2.28. The highest BCUT2D eigenvalue weighted by atomic mass is 16.5. The Labute approximate surface area is 219 Å². The summed E-state index contributed by atoms with van der Waals surface area (Å²) >= 11 is 0. The number of nitrogens with zero attached hydrogens (tertiary/aromatic N) is 1. The summed E-state index contributed by atoms with van der Waals surface area (Å²) in [7, 11) is 1.45. The van der Waals surface area contributed by atoms with E-state index in [1.165, 1.54) is 7.11 Å². The molecule has 3 amide bonds. The molecule has 0 fully saturated rings. The monoisotopic (exact) mass is 519 g/mol. The number of amides is 3. The van der Waals surface area contributed by atoms with Gasteiger partial charge in [-0.25, -0.2) is 15.0 Å². The Bertz CT molecular complexity index is 1440. The number of allylic oxidation sites excluding steroid dienone is 1. The Morgan fingerprint density at radius 3 is 2.68 bits per heavy atom. The summed E-state index contributed by atoms with van der Waals surface area (Å²) < 4.78 is 16.3. The zero-order valence-electron chi connectivity index (χ0n) is 21.5. The minimum absolute atomic E-state index is 0.194. The SMILES string of the molecule is CCOC(=O)C1=C(C)NC(=O)N[C@H]1c1ccc(OCC(=O)N/N=C\c2c(C)[nH]c3ccccc23)c(OC)c1. The molecule has 0 aliphatic carbocycles. The van der Waals surface area contributed by atoms with Gasteiger partial charge in [-0.3, -0.25) is 4.79 Å². The number of hydrogen-bond acceptors (Lipinski definition) is 7. The third kappa shape index (κ3) is 5.61. The smallest absolute Gasteiger partial charge is 0.338 e. The molecule has 1 aliphatic heterocycles. The number of benzene rings is 2. The van der Waals surface area contributed by atoms with Crippen molar-refractivity contribution in [2.45, 2.75) is 26.8 Å². The highest BCUT2D eigenvalue weighted by Gasteiger charge is 2.32. The largest absolute Gasteiger partial charge is 0.493 e. The zero-order valence-corrected chi connectivity index (χ0v) is 21.5. The molecule has 0 saturated carbocycles. The second kappa shape index (κ2) is 11.5. The van der Waals surface area contributed by atoms with Gasteiger partial charge in [-0.2, -0.15) is 5.10 Å². The predicted molar refractivity (Wildman–Crippen MR) is 141 cm³/mol. The molecule has 0 bridgehead atoms. The second-order valence-electron chi connectivity index (χ2n) is 8.49. The number of urea groups is 1. The van der Waals surface area contributed by atoms with Crippen LogP contribution in [0.25, 0.3) is 10.9 Å². The van der Waals surface area contributed by atoms with Gasteiger partial charge in [0.25, 0.3) is 5.91 Å². The van der Waals surface area contributed by atoms with E-state index in [1.807, 2.05) is 31.2 Å². The lowest BCUT2D eigenvalue weighted by molar-refractivity contribution is -0.139. The van der Waals surface area contributed by atoms with Gasteiger partial charge in [-0.1, -0.05) is 24.3 Å². The summed E-state index contributed by atoms with van der Waals surface area (Å²) in [6.07, 6.45) is 1.59. The molecule has 1 aromatic heterocycles. The van der Waals surface area contributed by atoms with Crippen LogP contribution in [0, 0.1) is 6.92 Å². The number of carbonyl (C=O) groups excluding carboxylic acids is 3. The predicted octanol–water partition coefficient (Wildman–Crippen LogP) is 3.21. The van der Waals surface area contributed by atoms with Gasteiger partial charge in [-0.15, -0.1) is 0 Å². The van der Waals surface area contributed by atoms with E-state index in [-0.39, 0.29) is 18.8 Å². The minimum atomic E-state index is -0.753. The standard InChI is InChI=1S/C27H29N5O6/c1-5-37-26(34)24-16(3)30-27(35)31-25(24)17-10-11-21(22(12-17)36-4)38-14-23(33)32-28-13-19-15(2)29-20-9-7-6-8-18(19)20/h6-13,25,29H,5,14H2,1-4H3,(H,32,33)(H2,30,31,35)/b28-13-/t25-/m0/s1. The number of esters is 1. The van der Waals surface area contributed by atoms with Crippen molar-refractivity contribution in [2.75, 3.05) is 20.3 Å². The van der Waals surface area contributed by atoms with Crippen LogP contribution < -0.4 is 25.5 Å². The fourth-order valence-electron chi connectivity index (χ4n) is 4.22. The maximum atomic E-state index is 12.6. The molecule has 11 nitrogen and oxygen atoms in total. The number of aromatic nitrogens is 1. The first-order chi connectivity index (χ1) is 18.3. The van der Waals surface area contributed by atoms with Crippen molar-refractivity contribution in [1.82, 2.24) is 21.0 Å². The van der Waals surface area contributed by atoms with Crippen LogP contribution in [-0.2, 0) is 14.3 Å². The van der Waals surface area contributed by atoms with E-state index in [0.717, 1.165) is 22.2 Å². The van der Waals surface area contributed by atoms with Crippen molar-refractivity contribution in [1.29, 1.82) is 0 Å². The van der Waals surface area contributed by atoms with Crippen LogP contribution in [0.5, 0.6) is 11.5 Å². The number of methoxy groups -OCH3 is 1. The molecule has 0 saturated heterocycles. The van der Waals surface area contributed by atoms with Gasteiger partial charge in [0.2, 0.25) is 0 Å². The molecule has 198 valence electrons. The number of carbonyl (C=O) groups is 3. The number of aryl methyl sites for hydroxylation is 1. The van der Waals surface area contributed by atoms with E-state index in [1.54, 1.807) is 38.3 Å². The minimum Gasteiger partial charge on any atom is -0.493 e. The molecule has 11 heteroatoms. The molecule has 38 heavy (non-hydrogen) atoms. The number of hydrazone groups is 1. The molecular formula is C27H29N5O6. The highest BCUT2D eigenvalue weighted by Crippen LogP contribution is 2.34. The summed E-state index contributed by atoms with van der Waals surface area (Å²) in [4.78, 5) is 40.3. The van der Waals surface area contributed by atoms with Crippen LogP contribution in [-0.4, -0.2) is 49.4 Å². The van der Waals surface area contributed by atoms with Crippen molar-refractivity contribution in [3.8, 4) is 11.5 Å².